The first-order chi connectivity index (χ1) is 16.1. The lowest BCUT2D eigenvalue weighted by atomic mass is 10.1. The van der Waals surface area contributed by atoms with Gasteiger partial charge in [-0.1, -0.05) is 57.6 Å². The van der Waals surface area contributed by atoms with Crippen molar-refractivity contribution in [1.82, 2.24) is 9.38 Å². The van der Waals surface area contributed by atoms with Gasteiger partial charge in [0.15, 0.2) is 16.5 Å². The van der Waals surface area contributed by atoms with E-state index in [1.807, 2.05) is 54.6 Å². The molecule has 5 aromatic rings. The number of rotatable bonds is 5. The van der Waals surface area contributed by atoms with Gasteiger partial charge in [-0.15, -0.1) is 0 Å². The fourth-order valence-electron chi connectivity index (χ4n) is 3.60. The Bertz CT molecular complexity index is 1670. The molecule has 0 aliphatic rings. The van der Waals surface area contributed by atoms with E-state index in [1.165, 1.54) is 11.3 Å². The summed E-state index contributed by atoms with van der Waals surface area (Å²) >= 11 is 4.93. The van der Waals surface area contributed by atoms with Crippen LogP contribution in [0.2, 0.25) is 0 Å². The zero-order valence-electron chi connectivity index (χ0n) is 17.4. The number of aromatic nitrogens is 2. The topological polar surface area (TPSA) is 76.6 Å². The lowest BCUT2D eigenvalue weighted by Crippen LogP contribution is -2.22. The van der Waals surface area contributed by atoms with Gasteiger partial charge in [-0.3, -0.25) is 4.79 Å². The third-order valence-electron chi connectivity index (χ3n) is 5.24. The minimum Gasteiger partial charge on any atom is -0.493 e. The smallest absolute Gasteiger partial charge is 0.274 e. The van der Waals surface area contributed by atoms with Gasteiger partial charge in [0.05, 0.1) is 34.3 Å². The zero-order valence-corrected chi connectivity index (χ0v) is 19.8. The van der Waals surface area contributed by atoms with Crippen molar-refractivity contribution in [3.8, 4) is 17.6 Å². The van der Waals surface area contributed by atoms with Crippen molar-refractivity contribution in [2.45, 2.75) is 6.61 Å². The van der Waals surface area contributed by atoms with Crippen molar-refractivity contribution >= 4 is 49.3 Å². The van der Waals surface area contributed by atoms with Crippen LogP contribution in [0.4, 0.5) is 0 Å². The molecular formula is C25H16BrN3O3S. The molecule has 33 heavy (non-hydrogen) atoms. The van der Waals surface area contributed by atoms with Crippen molar-refractivity contribution in [3.05, 3.63) is 96.7 Å². The summed E-state index contributed by atoms with van der Waals surface area (Å²) in [7, 11) is 1.56. The normalized spacial score (nSPS) is 11.7. The third kappa shape index (κ3) is 3.86. The summed E-state index contributed by atoms with van der Waals surface area (Å²) < 4.78 is 14.5. The highest BCUT2D eigenvalue weighted by atomic mass is 79.9. The number of halogens is 1. The fourth-order valence-corrected chi connectivity index (χ4v) is 5.01. The summed E-state index contributed by atoms with van der Waals surface area (Å²) in [6.07, 6.45) is 1.82. The Kier molecular flexibility index (Phi) is 5.58. The predicted molar refractivity (Wildman–Crippen MR) is 132 cm³/mol. The zero-order chi connectivity index (χ0) is 22.9. The second-order valence-corrected chi connectivity index (χ2v) is 9.08. The molecule has 0 unspecified atom stereocenters. The molecule has 0 fully saturated rings. The Labute approximate surface area is 201 Å². The summed E-state index contributed by atoms with van der Waals surface area (Å²) in [6, 6.07) is 20.7. The quantitative estimate of drug-likeness (QED) is 0.338. The second-order valence-electron chi connectivity index (χ2n) is 7.22. The molecule has 0 aliphatic heterocycles. The minimum atomic E-state index is -0.108. The average Bonchev–Trinajstić information content (AvgIpc) is 3.35. The van der Waals surface area contributed by atoms with E-state index in [-0.39, 0.29) is 12.2 Å². The lowest BCUT2D eigenvalue weighted by molar-refractivity contribution is 0.284. The Hall–Kier alpha value is -3.67. The van der Waals surface area contributed by atoms with E-state index in [0.717, 1.165) is 26.6 Å². The number of hydrogen-bond acceptors (Lipinski definition) is 6. The molecule has 5 rings (SSSR count). The van der Waals surface area contributed by atoms with E-state index in [4.69, 9.17) is 9.47 Å². The number of para-hydroxylation sites is 2. The van der Waals surface area contributed by atoms with Crippen LogP contribution >= 0.6 is 27.3 Å². The van der Waals surface area contributed by atoms with E-state index in [0.29, 0.717) is 26.6 Å². The van der Waals surface area contributed by atoms with Crippen LogP contribution in [0.15, 0.2) is 69.9 Å². The van der Waals surface area contributed by atoms with Crippen LogP contribution < -0.4 is 19.6 Å². The van der Waals surface area contributed by atoms with Crippen LogP contribution in [0.25, 0.3) is 22.1 Å². The summed E-state index contributed by atoms with van der Waals surface area (Å²) in [5.74, 6) is 1.06. The summed E-state index contributed by atoms with van der Waals surface area (Å²) in [4.78, 5) is 18.3. The molecule has 0 atom stereocenters. The van der Waals surface area contributed by atoms with Gasteiger partial charge in [-0.05, 0) is 42.0 Å². The van der Waals surface area contributed by atoms with Gasteiger partial charge in [0.25, 0.3) is 5.56 Å². The van der Waals surface area contributed by atoms with Crippen LogP contribution in [0.1, 0.15) is 16.7 Å². The molecule has 2 aromatic heterocycles. The number of imidazole rings is 1. The molecule has 0 bridgehead atoms. The summed E-state index contributed by atoms with van der Waals surface area (Å²) in [5, 5.41) is 9.28. The first-order valence-corrected chi connectivity index (χ1v) is 11.6. The third-order valence-corrected chi connectivity index (χ3v) is 6.89. The van der Waals surface area contributed by atoms with E-state index in [9.17, 15) is 10.1 Å². The molecule has 6 nitrogen and oxygen atoms in total. The maximum atomic E-state index is 13.1. The molecule has 0 saturated heterocycles. The number of nitriles is 1. The van der Waals surface area contributed by atoms with E-state index in [1.54, 1.807) is 23.6 Å². The number of methoxy groups -OCH3 is 1. The molecule has 0 spiro atoms. The van der Waals surface area contributed by atoms with E-state index < -0.39 is 0 Å². The summed E-state index contributed by atoms with van der Waals surface area (Å²) in [6.45, 7) is 0.232. The number of ether oxygens (including phenoxy) is 2. The van der Waals surface area contributed by atoms with Gasteiger partial charge in [-0.2, -0.15) is 5.26 Å². The molecule has 0 radical (unpaired) electrons. The van der Waals surface area contributed by atoms with Gasteiger partial charge in [0.2, 0.25) is 0 Å². The average molecular weight is 518 g/mol. The predicted octanol–water partition coefficient (Wildman–Crippen LogP) is 4.68. The Morgan fingerprint density at radius 1 is 1.15 bits per heavy atom. The van der Waals surface area contributed by atoms with Crippen LogP contribution in [0, 0.1) is 11.3 Å². The molecule has 0 N–H and O–H groups in total. The molecule has 162 valence electrons. The molecule has 0 aliphatic carbocycles. The van der Waals surface area contributed by atoms with Crippen LogP contribution in [-0.2, 0) is 6.61 Å². The van der Waals surface area contributed by atoms with Gasteiger partial charge in [0, 0.05) is 10.0 Å². The monoisotopic (exact) mass is 517 g/mol. The van der Waals surface area contributed by atoms with Crippen LogP contribution in [0.3, 0.4) is 0 Å². The molecular weight excluding hydrogens is 502 g/mol. The van der Waals surface area contributed by atoms with E-state index in [2.05, 4.69) is 27.0 Å². The van der Waals surface area contributed by atoms with Crippen molar-refractivity contribution in [2.24, 2.45) is 0 Å². The number of nitrogens with zero attached hydrogens (tertiary/aromatic N) is 3. The van der Waals surface area contributed by atoms with Crippen molar-refractivity contribution in [2.75, 3.05) is 7.11 Å². The first kappa shape index (κ1) is 21.2. The molecule has 0 saturated carbocycles. The number of hydrogen-bond donors (Lipinski definition) is 0. The van der Waals surface area contributed by atoms with Crippen molar-refractivity contribution in [3.63, 3.8) is 0 Å². The van der Waals surface area contributed by atoms with Crippen molar-refractivity contribution < 1.29 is 9.47 Å². The van der Waals surface area contributed by atoms with Crippen molar-refractivity contribution in [1.29, 1.82) is 5.26 Å². The maximum Gasteiger partial charge on any atom is 0.274 e. The first-order valence-electron chi connectivity index (χ1n) is 9.99. The lowest BCUT2D eigenvalue weighted by Gasteiger charge is -2.13. The number of thiazole rings is 1. The maximum absolute atomic E-state index is 13.1. The largest absolute Gasteiger partial charge is 0.493 e. The fraction of sp³-hybridized carbons (Fsp3) is 0.0800. The highest BCUT2D eigenvalue weighted by Gasteiger charge is 2.14. The Morgan fingerprint density at radius 3 is 2.76 bits per heavy atom. The second kappa shape index (κ2) is 8.70. The van der Waals surface area contributed by atoms with Crippen LogP contribution in [0.5, 0.6) is 11.5 Å². The minimum absolute atomic E-state index is 0.108. The van der Waals surface area contributed by atoms with Crippen LogP contribution in [-0.4, -0.2) is 16.5 Å². The summed E-state index contributed by atoms with van der Waals surface area (Å²) in [5.41, 5.74) is 3.63. The Morgan fingerprint density at radius 2 is 1.94 bits per heavy atom. The number of benzene rings is 3. The Balaban J connectivity index is 1.52. The highest BCUT2D eigenvalue weighted by molar-refractivity contribution is 9.10. The molecule has 3 aromatic carbocycles. The van der Waals surface area contributed by atoms with Gasteiger partial charge < -0.3 is 9.47 Å². The van der Waals surface area contributed by atoms with E-state index >= 15 is 0 Å². The van der Waals surface area contributed by atoms with Gasteiger partial charge in [0.1, 0.15) is 6.61 Å². The van der Waals surface area contributed by atoms with Gasteiger partial charge in [-0.25, -0.2) is 9.38 Å². The SMILES string of the molecule is COc1cc(/C=c2\sc3nc4ccccc4n3c2=O)c(Br)cc1OCc1ccccc1C#N. The highest BCUT2D eigenvalue weighted by Crippen LogP contribution is 2.34. The standard InChI is InChI=1S/C25H16BrN3O3S/c1-31-21-10-17(18(26)12-22(21)32-14-16-7-3-2-6-15(16)13-27)11-23-24(30)29-20-9-5-4-8-19(20)28-25(29)33-23/h2-12H,14H2,1H3/b23-11-. The molecule has 8 heteroatoms. The molecule has 0 amide bonds. The van der Waals surface area contributed by atoms with Gasteiger partial charge >= 0.3 is 0 Å². The molecule has 2 heterocycles. The number of fused-ring (bicyclic) bond motifs is 3.